The number of benzene rings is 9. The summed E-state index contributed by atoms with van der Waals surface area (Å²) in [4.78, 5) is 14.8. The largest absolute Gasteiger partial charge is 0.333 e. The molecule has 11 aromatic rings. The second-order valence-electron chi connectivity index (χ2n) is 30.1. The van der Waals surface area contributed by atoms with Crippen molar-refractivity contribution in [2.45, 2.75) is 158 Å². The van der Waals surface area contributed by atoms with Gasteiger partial charge in [-0.15, -0.1) is 59.7 Å². The smallest absolute Gasteiger partial charge is 0.252 e. The molecule has 2 aromatic heterocycles. The van der Waals surface area contributed by atoms with E-state index >= 15 is 0 Å². The molecule has 0 unspecified atom stereocenters. The van der Waals surface area contributed by atoms with Crippen LogP contribution in [-0.4, -0.2) is 21.2 Å². The number of aromatic nitrogens is 3. The van der Waals surface area contributed by atoms with E-state index in [0.29, 0.717) is 11.8 Å². The molecular formula is C84H87BFIrN5-2. The van der Waals surface area contributed by atoms with E-state index in [1.807, 2.05) is 26.1 Å². The summed E-state index contributed by atoms with van der Waals surface area (Å²) in [7, 11) is 0. The molecule has 2 aliphatic rings. The minimum absolute atomic E-state index is 0. The van der Waals surface area contributed by atoms with Crippen LogP contribution in [0.3, 0.4) is 0 Å². The van der Waals surface area contributed by atoms with Crippen molar-refractivity contribution in [1.29, 1.82) is 0 Å². The van der Waals surface area contributed by atoms with Crippen LogP contribution in [0.1, 0.15) is 167 Å². The number of pyridine rings is 1. The van der Waals surface area contributed by atoms with Gasteiger partial charge in [0.15, 0.2) is 0 Å². The van der Waals surface area contributed by atoms with E-state index in [2.05, 4.69) is 300 Å². The van der Waals surface area contributed by atoms with Crippen LogP contribution in [0.5, 0.6) is 0 Å². The maximum Gasteiger partial charge on any atom is 0.252 e. The van der Waals surface area contributed by atoms with Crippen LogP contribution in [0.15, 0.2) is 188 Å². The van der Waals surface area contributed by atoms with Gasteiger partial charge in [-0.25, -0.2) is 0 Å². The molecule has 0 bridgehead atoms. The Balaban J connectivity index is 0.000000475. The van der Waals surface area contributed by atoms with E-state index in [1.54, 1.807) is 6.07 Å². The van der Waals surface area contributed by atoms with Crippen molar-refractivity contribution in [2.24, 2.45) is 0 Å². The van der Waals surface area contributed by atoms with Crippen LogP contribution in [0, 0.1) is 31.8 Å². The fourth-order valence-corrected chi connectivity index (χ4v) is 13.2. The predicted molar refractivity (Wildman–Crippen MR) is 386 cm³/mol. The fraction of sp³-hybridized carbons (Fsp3) is 0.286. The summed E-state index contributed by atoms with van der Waals surface area (Å²) in [6.45, 7) is 41.1. The Bertz CT molecular complexity index is 4360. The van der Waals surface area contributed by atoms with Gasteiger partial charge in [0.25, 0.3) is 6.71 Å². The average molecular weight is 1390 g/mol. The minimum Gasteiger partial charge on any atom is -0.333 e. The Morgan fingerprint density at radius 1 is 0.467 bits per heavy atom. The number of fused-ring (bicyclic) bond motifs is 5. The average Bonchev–Trinajstić information content (AvgIpc) is 0.801. The molecule has 1 radical (unpaired) electrons. The first-order chi connectivity index (χ1) is 43.0. The van der Waals surface area contributed by atoms with Crippen LogP contribution in [0.25, 0.3) is 50.5 Å². The molecular weight excluding hydrogens is 1300 g/mol. The Morgan fingerprint density at radius 2 is 0.957 bits per heavy atom. The summed E-state index contributed by atoms with van der Waals surface area (Å²) in [5.41, 5.74) is 29.5. The maximum absolute atomic E-state index is 12.7. The van der Waals surface area contributed by atoms with Crippen molar-refractivity contribution < 1.29 is 24.5 Å². The Labute approximate surface area is 561 Å². The van der Waals surface area contributed by atoms with Gasteiger partial charge in [0.05, 0.1) is 16.9 Å². The molecule has 13 rings (SSSR count). The summed E-state index contributed by atoms with van der Waals surface area (Å²) in [5, 5.41) is 0. The molecule has 8 heteroatoms. The summed E-state index contributed by atoms with van der Waals surface area (Å²) in [6.07, 6.45) is 1.82. The third kappa shape index (κ3) is 12.4. The van der Waals surface area contributed by atoms with Gasteiger partial charge < -0.3 is 19.4 Å². The molecule has 0 saturated carbocycles. The first-order valence-corrected chi connectivity index (χ1v) is 32.6. The Morgan fingerprint density at radius 3 is 1.41 bits per heavy atom. The molecule has 0 atom stereocenters. The molecule has 0 spiro atoms. The molecule has 0 saturated heterocycles. The molecule has 0 N–H and O–H groups in total. The zero-order chi connectivity index (χ0) is 64.8. The van der Waals surface area contributed by atoms with Gasteiger partial charge in [-0.2, -0.15) is 0 Å². The number of hydrogen-bond donors (Lipinski definition) is 0. The van der Waals surface area contributed by atoms with Crippen molar-refractivity contribution in [2.75, 3.05) is 9.80 Å². The molecule has 5 nitrogen and oxygen atoms in total. The minimum atomic E-state index is -0.275. The van der Waals surface area contributed by atoms with Gasteiger partial charge >= 0.3 is 0 Å². The van der Waals surface area contributed by atoms with Crippen LogP contribution >= 0.6 is 0 Å². The molecule has 9 aromatic carbocycles. The number of rotatable bonds is 8. The van der Waals surface area contributed by atoms with Crippen LogP contribution in [0.2, 0.25) is 0 Å². The van der Waals surface area contributed by atoms with Gasteiger partial charge in [0, 0.05) is 71.9 Å². The van der Waals surface area contributed by atoms with Gasteiger partial charge in [-0.05, 0) is 169 Å². The van der Waals surface area contributed by atoms with Crippen molar-refractivity contribution in [3.63, 3.8) is 0 Å². The number of imidazole rings is 1. The Hall–Kier alpha value is -8.16. The van der Waals surface area contributed by atoms with Gasteiger partial charge in [0.1, 0.15) is 0 Å². The SMILES string of the molecule is CC(C)c1cccc(C(C)C)c1-n1c(-c2[c-]cc(-c3cc4c5c(c3)N(c3ccc(C(C)(C)C)cc3)c3ccc(C(C)(C)C)cc3B5c3cc(C(C)(C)C)ccc3N4c3ccc(C(C)(C)C)cc3)cc2)nc2ccccc21.Cc1cnc(-c2[c-]cc(F)cc2)cc1C.[Ir]. The summed E-state index contributed by atoms with van der Waals surface area (Å²) in [5.74, 6) is 1.28. The van der Waals surface area contributed by atoms with E-state index in [0.717, 1.165) is 61.7 Å². The van der Waals surface area contributed by atoms with Crippen LogP contribution in [0.4, 0.5) is 38.5 Å². The fourth-order valence-electron chi connectivity index (χ4n) is 13.2. The van der Waals surface area contributed by atoms with Gasteiger partial charge in [-0.3, -0.25) is 9.37 Å². The second kappa shape index (κ2) is 24.7. The third-order valence-corrected chi connectivity index (χ3v) is 18.7. The molecule has 0 amide bonds. The summed E-state index contributed by atoms with van der Waals surface area (Å²) < 4.78 is 15.1. The number of nitrogens with zero attached hydrogens (tertiary/aromatic N) is 5. The Kier molecular flexibility index (Phi) is 17.6. The zero-order valence-electron chi connectivity index (χ0n) is 57.1. The number of halogens is 1. The first kappa shape index (κ1) is 65.3. The van der Waals surface area contributed by atoms with Gasteiger partial charge in [0.2, 0.25) is 0 Å². The normalized spacial score (nSPS) is 13.0. The van der Waals surface area contributed by atoms with E-state index < -0.39 is 0 Å². The van der Waals surface area contributed by atoms with Crippen molar-refractivity contribution in [3.8, 4) is 39.5 Å². The molecule has 92 heavy (non-hydrogen) atoms. The maximum atomic E-state index is 12.7. The van der Waals surface area contributed by atoms with E-state index in [1.165, 1.54) is 95.9 Å². The zero-order valence-corrected chi connectivity index (χ0v) is 59.5. The number of para-hydroxylation sites is 3. The quantitative estimate of drug-likeness (QED) is 0.112. The molecule has 469 valence electrons. The molecule has 0 aliphatic carbocycles. The van der Waals surface area contributed by atoms with Crippen molar-refractivity contribution in [1.82, 2.24) is 14.5 Å². The summed E-state index contributed by atoms with van der Waals surface area (Å²) in [6, 6.07) is 73.5. The number of hydrogen-bond acceptors (Lipinski definition) is 4. The first-order valence-electron chi connectivity index (χ1n) is 32.6. The third-order valence-electron chi connectivity index (χ3n) is 18.7. The van der Waals surface area contributed by atoms with E-state index in [9.17, 15) is 4.39 Å². The second-order valence-corrected chi connectivity index (χ2v) is 30.1. The molecule has 2 aliphatic heterocycles. The van der Waals surface area contributed by atoms with Crippen LogP contribution in [-0.2, 0) is 41.8 Å². The number of anilines is 6. The van der Waals surface area contributed by atoms with Crippen LogP contribution < -0.4 is 26.2 Å². The van der Waals surface area contributed by atoms with Gasteiger partial charge in [-0.1, -0.05) is 212 Å². The van der Waals surface area contributed by atoms with E-state index in [4.69, 9.17) is 4.98 Å². The van der Waals surface area contributed by atoms with Crippen molar-refractivity contribution in [3.05, 3.63) is 251 Å². The monoisotopic (exact) mass is 1390 g/mol. The van der Waals surface area contributed by atoms with E-state index in [-0.39, 0.29) is 54.3 Å². The van der Waals surface area contributed by atoms with Crippen molar-refractivity contribution >= 4 is 68.3 Å². The molecule has 4 heterocycles. The summed E-state index contributed by atoms with van der Waals surface area (Å²) >= 11 is 0. The topological polar surface area (TPSA) is 37.2 Å². The number of aryl methyl sites for hydroxylation is 2. The standard InChI is InChI=1S/C71H76BN4.C13H11FN.Ir/c1-44(2)55-20-19-21-56(45(3)4)66(55)76-62-23-18-17-22-59(62)73-67(76)47-26-24-46(25-27-47)48-40-63-65-64(41-48)75(54-36-30-50(31-37-54)69(8,9)10)61-39-33-52(71(14,15)16)43-58(61)72(65)57-42-51(70(11,12)13)32-38-60(57)74(63)53-34-28-49(29-35-53)68(5,6)7;1-9-7-13(15-8-10(9)2)11-3-5-12(14)6-4-11;/h17-26,28-45H,1-16H3;3,5-8H,1-2H3;/q2*-1;. The molecule has 0 fully saturated rings. The predicted octanol–water partition coefficient (Wildman–Crippen LogP) is 21.0.